The van der Waals surface area contributed by atoms with E-state index in [1.807, 2.05) is 19.1 Å². The maximum Gasteiger partial charge on any atom is 0.349 e. The smallest absolute Gasteiger partial charge is 0.349 e. The first-order chi connectivity index (χ1) is 13.9. The predicted octanol–water partition coefficient (Wildman–Crippen LogP) is 4.63. The van der Waals surface area contributed by atoms with Gasteiger partial charge in [0.05, 0.1) is 12.2 Å². The minimum Gasteiger partial charge on any atom is -0.462 e. The largest absolute Gasteiger partial charge is 0.462 e. The summed E-state index contributed by atoms with van der Waals surface area (Å²) in [6.45, 7) is 9.28. The molecule has 2 aromatic heterocycles. The molecule has 0 unspecified atom stereocenters. The number of para-hydroxylation sites is 1. The van der Waals surface area contributed by atoms with Gasteiger partial charge in [-0.2, -0.15) is 0 Å². The highest BCUT2D eigenvalue weighted by atomic mass is 32.1. The van der Waals surface area contributed by atoms with Gasteiger partial charge in [0.1, 0.15) is 16.1 Å². The molecule has 150 valence electrons. The van der Waals surface area contributed by atoms with Gasteiger partial charge < -0.3 is 14.5 Å². The Bertz CT molecular complexity index is 1170. The normalized spacial score (nSPS) is 10.7. The molecule has 1 amide bonds. The number of carbonyl (C=O) groups is 2. The zero-order valence-electron chi connectivity index (χ0n) is 16.5. The molecule has 29 heavy (non-hydrogen) atoms. The van der Waals surface area contributed by atoms with E-state index in [2.05, 4.69) is 11.9 Å². The number of thiophene rings is 1. The molecule has 0 aliphatic heterocycles. The molecule has 0 atom stereocenters. The molecule has 1 aromatic carbocycles. The summed E-state index contributed by atoms with van der Waals surface area (Å²) in [5.41, 5.74) is 1.42. The minimum atomic E-state index is -0.741. The molecule has 0 radical (unpaired) electrons. The van der Waals surface area contributed by atoms with Gasteiger partial charge in [-0.25, -0.2) is 9.59 Å². The Kier molecular flexibility index (Phi) is 5.98. The number of ether oxygens (including phenoxy) is 1. The second kappa shape index (κ2) is 8.45. The summed E-state index contributed by atoms with van der Waals surface area (Å²) in [5, 5.41) is 3.66. The van der Waals surface area contributed by atoms with Crippen molar-refractivity contribution in [1.82, 2.24) is 0 Å². The molecule has 7 heteroatoms. The van der Waals surface area contributed by atoms with E-state index in [9.17, 15) is 14.4 Å². The first kappa shape index (κ1) is 20.5. The molecule has 0 spiro atoms. The Morgan fingerprint density at radius 1 is 1.31 bits per heavy atom. The number of rotatable bonds is 6. The average Bonchev–Trinajstić information content (AvgIpc) is 2.95. The van der Waals surface area contributed by atoms with E-state index in [1.165, 1.54) is 17.4 Å². The van der Waals surface area contributed by atoms with Crippen LogP contribution < -0.4 is 10.9 Å². The van der Waals surface area contributed by atoms with Gasteiger partial charge >= 0.3 is 11.6 Å². The van der Waals surface area contributed by atoms with E-state index in [0.29, 0.717) is 28.0 Å². The van der Waals surface area contributed by atoms with E-state index in [1.54, 1.807) is 26.0 Å². The van der Waals surface area contributed by atoms with Crippen molar-refractivity contribution < 1.29 is 18.7 Å². The van der Waals surface area contributed by atoms with Crippen LogP contribution in [0.5, 0.6) is 0 Å². The number of hydrogen-bond donors (Lipinski definition) is 1. The van der Waals surface area contributed by atoms with Crippen LogP contribution in [0, 0.1) is 13.8 Å². The molecule has 1 N–H and O–H groups in total. The lowest BCUT2D eigenvalue weighted by Gasteiger charge is -2.08. The van der Waals surface area contributed by atoms with Crippen LogP contribution >= 0.6 is 11.3 Å². The van der Waals surface area contributed by atoms with Crippen molar-refractivity contribution in [1.29, 1.82) is 0 Å². The molecular formula is C22H21NO5S. The van der Waals surface area contributed by atoms with E-state index < -0.39 is 17.5 Å². The monoisotopic (exact) mass is 411 g/mol. The van der Waals surface area contributed by atoms with Crippen LogP contribution in [-0.4, -0.2) is 18.5 Å². The van der Waals surface area contributed by atoms with Gasteiger partial charge in [0.2, 0.25) is 0 Å². The van der Waals surface area contributed by atoms with Crippen molar-refractivity contribution in [2.75, 3.05) is 11.9 Å². The number of benzene rings is 1. The summed E-state index contributed by atoms with van der Waals surface area (Å²) in [6, 6.07) is 6.94. The number of carbonyl (C=O) groups excluding carboxylic acids is 2. The number of fused-ring (bicyclic) bond motifs is 1. The summed E-state index contributed by atoms with van der Waals surface area (Å²) in [5.74, 6) is -1.15. The minimum absolute atomic E-state index is 0.133. The molecule has 0 saturated carbocycles. The third-order valence-corrected chi connectivity index (χ3v) is 5.67. The summed E-state index contributed by atoms with van der Waals surface area (Å²) in [4.78, 5) is 38.5. The number of anilines is 1. The first-order valence-corrected chi connectivity index (χ1v) is 9.94. The highest BCUT2D eigenvalue weighted by molar-refractivity contribution is 7.16. The van der Waals surface area contributed by atoms with Gasteiger partial charge in [-0.15, -0.1) is 17.9 Å². The number of allylic oxidation sites excluding steroid dienone is 1. The SMILES string of the molecule is C=CCc1cccc2cc(C(=O)Nc3sc(C)c(C)c3C(=O)OCC)c(=O)oc12. The van der Waals surface area contributed by atoms with Gasteiger partial charge in [-0.3, -0.25) is 4.79 Å². The van der Waals surface area contributed by atoms with Crippen LogP contribution in [0.1, 0.15) is 43.6 Å². The van der Waals surface area contributed by atoms with Crippen LogP contribution in [0.2, 0.25) is 0 Å². The fourth-order valence-corrected chi connectivity index (χ4v) is 4.06. The molecule has 6 nitrogen and oxygen atoms in total. The van der Waals surface area contributed by atoms with E-state index in [-0.39, 0.29) is 12.2 Å². The Labute approximate surface area is 171 Å². The molecular weight excluding hydrogens is 390 g/mol. The lowest BCUT2D eigenvalue weighted by molar-refractivity contribution is 0.0527. The van der Waals surface area contributed by atoms with Crippen molar-refractivity contribution in [2.24, 2.45) is 0 Å². The van der Waals surface area contributed by atoms with Crippen molar-refractivity contribution >= 4 is 39.2 Å². The van der Waals surface area contributed by atoms with E-state index in [4.69, 9.17) is 9.15 Å². The van der Waals surface area contributed by atoms with E-state index in [0.717, 1.165) is 16.0 Å². The lowest BCUT2D eigenvalue weighted by atomic mass is 10.1. The molecule has 3 aromatic rings. The third kappa shape index (κ3) is 4.00. The Balaban J connectivity index is 2.00. The van der Waals surface area contributed by atoms with Crippen LogP contribution in [0.4, 0.5) is 5.00 Å². The molecule has 3 rings (SSSR count). The maximum absolute atomic E-state index is 12.8. The fourth-order valence-electron chi connectivity index (χ4n) is 3.01. The van der Waals surface area contributed by atoms with Crippen molar-refractivity contribution in [3.05, 3.63) is 74.5 Å². The average molecular weight is 411 g/mol. The summed E-state index contributed by atoms with van der Waals surface area (Å²) in [6.07, 6.45) is 2.26. The van der Waals surface area contributed by atoms with Crippen molar-refractivity contribution in [3.63, 3.8) is 0 Å². The van der Waals surface area contributed by atoms with Gasteiger partial charge in [0, 0.05) is 10.3 Å². The summed E-state index contributed by atoms with van der Waals surface area (Å²) < 4.78 is 10.5. The van der Waals surface area contributed by atoms with Gasteiger partial charge in [-0.1, -0.05) is 24.3 Å². The molecule has 2 heterocycles. The fraction of sp³-hybridized carbons (Fsp3) is 0.227. The summed E-state index contributed by atoms with van der Waals surface area (Å²) in [7, 11) is 0. The zero-order chi connectivity index (χ0) is 21.1. The first-order valence-electron chi connectivity index (χ1n) is 9.12. The number of nitrogens with one attached hydrogen (secondary N) is 1. The van der Waals surface area contributed by atoms with Gasteiger partial charge in [0.15, 0.2) is 0 Å². The summed E-state index contributed by atoms with van der Waals surface area (Å²) >= 11 is 1.26. The Hall–Kier alpha value is -3.19. The van der Waals surface area contributed by atoms with Gasteiger partial charge in [-0.05, 0) is 44.4 Å². The number of esters is 1. The number of amides is 1. The number of aryl methyl sites for hydroxylation is 1. The number of hydrogen-bond acceptors (Lipinski definition) is 6. The van der Waals surface area contributed by atoms with Gasteiger partial charge in [0.25, 0.3) is 5.91 Å². The third-order valence-electron chi connectivity index (χ3n) is 4.54. The predicted molar refractivity (Wildman–Crippen MR) is 114 cm³/mol. The van der Waals surface area contributed by atoms with E-state index >= 15 is 0 Å². The van der Waals surface area contributed by atoms with Crippen molar-refractivity contribution in [2.45, 2.75) is 27.2 Å². The molecule has 0 fully saturated rings. The van der Waals surface area contributed by atoms with Crippen LogP contribution in [0.25, 0.3) is 11.0 Å². The molecule has 0 saturated heterocycles. The topological polar surface area (TPSA) is 85.6 Å². The highest BCUT2D eigenvalue weighted by Gasteiger charge is 2.24. The second-order valence-corrected chi connectivity index (χ2v) is 7.66. The lowest BCUT2D eigenvalue weighted by Crippen LogP contribution is -2.21. The Morgan fingerprint density at radius 2 is 2.07 bits per heavy atom. The zero-order valence-corrected chi connectivity index (χ0v) is 17.3. The highest BCUT2D eigenvalue weighted by Crippen LogP contribution is 2.33. The Morgan fingerprint density at radius 3 is 2.76 bits per heavy atom. The maximum atomic E-state index is 12.8. The second-order valence-electron chi connectivity index (χ2n) is 6.44. The quantitative estimate of drug-likeness (QED) is 0.363. The standard InChI is InChI=1S/C22H21NO5S/c1-5-8-14-9-7-10-15-11-16(21(25)28-18(14)15)19(24)23-20-17(22(26)27-6-2)12(3)13(4)29-20/h5,7,9-11H,1,6,8H2,2-4H3,(H,23,24). The van der Waals surface area contributed by atoms with Crippen LogP contribution in [0.15, 0.2) is 46.1 Å². The van der Waals surface area contributed by atoms with Crippen LogP contribution in [0.3, 0.4) is 0 Å². The van der Waals surface area contributed by atoms with Crippen LogP contribution in [-0.2, 0) is 11.2 Å². The molecule has 0 aliphatic rings. The molecule has 0 bridgehead atoms. The molecule has 0 aliphatic carbocycles. The van der Waals surface area contributed by atoms with Crippen molar-refractivity contribution in [3.8, 4) is 0 Å².